The van der Waals surface area contributed by atoms with Crippen molar-refractivity contribution >= 4 is 45.8 Å². The van der Waals surface area contributed by atoms with Crippen molar-refractivity contribution in [2.75, 3.05) is 4.90 Å². The second-order valence-corrected chi connectivity index (χ2v) is 7.57. The molecule has 142 valence electrons. The van der Waals surface area contributed by atoms with Gasteiger partial charge >= 0.3 is 0 Å². The van der Waals surface area contributed by atoms with Gasteiger partial charge in [0.2, 0.25) is 5.76 Å². The van der Waals surface area contributed by atoms with E-state index in [0.29, 0.717) is 37.8 Å². The number of fused-ring (bicyclic) bond motifs is 2. The number of carbonyl (C=O) groups is 1. The molecule has 0 fully saturated rings. The minimum absolute atomic E-state index is 0.0497. The van der Waals surface area contributed by atoms with Crippen LogP contribution in [-0.2, 0) is 0 Å². The topological polar surface area (TPSA) is 50.5 Å². The summed E-state index contributed by atoms with van der Waals surface area (Å²) in [7, 11) is 0. The maximum atomic E-state index is 13.4. The molecule has 0 spiro atoms. The Morgan fingerprint density at radius 2 is 1.55 bits per heavy atom. The van der Waals surface area contributed by atoms with Gasteiger partial charge in [0.1, 0.15) is 5.58 Å². The quantitative estimate of drug-likeness (QED) is 0.407. The van der Waals surface area contributed by atoms with Crippen molar-refractivity contribution in [3.8, 4) is 0 Å². The predicted molar refractivity (Wildman–Crippen MR) is 114 cm³/mol. The fourth-order valence-electron chi connectivity index (χ4n) is 3.77. The summed E-state index contributed by atoms with van der Waals surface area (Å²) in [6.07, 6.45) is 0. The number of para-hydroxylation sites is 2. The summed E-state index contributed by atoms with van der Waals surface area (Å²) >= 11 is 12.3. The first kappa shape index (κ1) is 18.0. The molecule has 2 heterocycles. The summed E-state index contributed by atoms with van der Waals surface area (Å²) in [4.78, 5) is 28.3. The van der Waals surface area contributed by atoms with Crippen LogP contribution in [0.4, 0.5) is 5.69 Å². The van der Waals surface area contributed by atoms with Gasteiger partial charge in [0.25, 0.3) is 5.91 Å². The number of anilines is 1. The molecule has 1 amide bonds. The van der Waals surface area contributed by atoms with E-state index in [4.69, 9.17) is 27.6 Å². The van der Waals surface area contributed by atoms with Gasteiger partial charge in [-0.15, -0.1) is 0 Å². The molecule has 3 aromatic carbocycles. The SMILES string of the molecule is O=C1c2oc3ccccc3c(=O)c2C(c2ccc(Cl)c(Cl)c2)N1c1ccccc1. The van der Waals surface area contributed by atoms with E-state index in [1.54, 1.807) is 47.4 Å². The molecule has 0 saturated carbocycles. The summed E-state index contributed by atoms with van der Waals surface area (Å²) in [6, 6.07) is 20.5. The van der Waals surface area contributed by atoms with Crippen LogP contribution in [0.3, 0.4) is 0 Å². The molecular formula is C23H13Cl2NO3. The minimum Gasteiger partial charge on any atom is -0.450 e. The lowest BCUT2D eigenvalue weighted by Gasteiger charge is -2.25. The molecule has 1 atom stereocenters. The molecule has 1 aromatic heterocycles. The van der Waals surface area contributed by atoms with Crippen molar-refractivity contribution < 1.29 is 9.21 Å². The number of hydrogen-bond donors (Lipinski definition) is 0. The molecule has 0 radical (unpaired) electrons. The van der Waals surface area contributed by atoms with E-state index in [0.717, 1.165) is 0 Å². The van der Waals surface area contributed by atoms with Crippen LogP contribution in [0.2, 0.25) is 10.0 Å². The first-order valence-electron chi connectivity index (χ1n) is 8.95. The van der Waals surface area contributed by atoms with Gasteiger partial charge in [-0.2, -0.15) is 0 Å². The average molecular weight is 422 g/mol. The van der Waals surface area contributed by atoms with E-state index in [2.05, 4.69) is 0 Å². The summed E-state index contributed by atoms with van der Waals surface area (Å²) < 4.78 is 5.90. The van der Waals surface area contributed by atoms with Gasteiger partial charge in [-0.25, -0.2) is 0 Å². The van der Waals surface area contributed by atoms with Crippen molar-refractivity contribution in [2.45, 2.75) is 6.04 Å². The van der Waals surface area contributed by atoms with Crippen LogP contribution in [0.25, 0.3) is 11.0 Å². The van der Waals surface area contributed by atoms with E-state index in [9.17, 15) is 9.59 Å². The number of amides is 1. The highest BCUT2D eigenvalue weighted by Gasteiger charge is 2.43. The predicted octanol–water partition coefficient (Wildman–Crippen LogP) is 5.85. The fourth-order valence-corrected chi connectivity index (χ4v) is 4.08. The third kappa shape index (κ3) is 2.76. The van der Waals surface area contributed by atoms with Gasteiger partial charge in [0.15, 0.2) is 5.43 Å². The molecular weight excluding hydrogens is 409 g/mol. The highest BCUT2D eigenvalue weighted by atomic mass is 35.5. The van der Waals surface area contributed by atoms with E-state index in [1.165, 1.54) is 0 Å². The number of halogens is 2. The normalized spacial score (nSPS) is 15.7. The molecule has 0 aliphatic carbocycles. The highest BCUT2D eigenvalue weighted by Crippen LogP contribution is 2.42. The largest absolute Gasteiger partial charge is 0.450 e. The monoisotopic (exact) mass is 421 g/mol. The molecule has 6 heteroatoms. The number of rotatable bonds is 2. The van der Waals surface area contributed by atoms with E-state index >= 15 is 0 Å². The third-order valence-corrected chi connectivity index (χ3v) is 5.81. The zero-order valence-corrected chi connectivity index (χ0v) is 16.4. The number of nitrogens with zero attached hydrogens (tertiary/aromatic N) is 1. The Kier molecular flexibility index (Phi) is 4.19. The Labute approximate surface area is 175 Å². The molecule has 4 nitrogen and oxygen atoms in total. The van der Waals surface area contributed by atoms with Crippen LogP contribution in [0, 0.1) is 0 Å². The van der Waals surface area contributed by atoms with Crippen molar-refractivity contribution in [1.29, 1.82) is 0 Å². The van der Waals surface area contributed by atoms with Crippen molar-refractivity contribution in [2.24, 2.45) is 0 Å². The second-order valence-electron chi connectivity index (χ2n) is 6.76. The molecule has 4 aromatic rings. The first-order valence-corrected chi connectivity index (χ1v) is 9.71. The van der Waals surface area contributed by atoms with Gasteiger partial charge in [-0.1, -0.05) is 59.6 Å². The zero-order chi connectivity index (χ0) is 20.1. The minimum atomic E-state index is -0.671. The van der Waals surface area contributed by atoms with Crippen LogP contribution < -0.4 is 10.3 Å². The average Bonchev–Trinajstić information content (AvgIpc) is 3.04. The Morgan fingerprint density at radius 1 is 0.828 bits per heavy atom. The third-order valence-electron chi connectivity index (χ3n) is 5.07. The first-order chi connectivity index (χ1) is 14.1. The van der Waals surface area contributed by atoms with Gasteiger partial charge < -0.3 is 4.42 Å². The van der Waals surface area contributed by atoms with Crippen LogP contribution >= 0.6 is 23.2 Å². The Morgan fingerprint density at radius 3 is 2.31 bits per heavy atom. The van der Waals surface area contributed by atoms with Crippen molar-refractivity contribution in [3.63, 3.8) is 0 Å². The molecule has 29 heavy (non-hydrogen) atoms. The zero-order valence-electron chi connectivity index (χ0n) is 14.9. The van der Waals surface area contributed by atoms with Crippen LogP contribution in [-0.4, -0.2) is 5.91 Å². The molecule has 0 N–H and O–H groups in total. The van der Waals surface area contributed by atoms with E-state index in [-0.39, 0.29) is 17.1 Å². The molecule has 1 aliphatic heterocycles. The summed E-state index contributed by atoms with van der Waals surface area (Å²) in [5, 5.41) is 1.18. The van der Waals surface area contributed by atoms with Crippen LogP contribution in [0.1, 0.15) is 27.7 Å². The van der Waals surface area contributed by atoms with Gasteiger partial charge in [0, 0.05) is 5.69 Å². The highest BCUT2D eigenvalue weighted by molar-refractivity contribution is 6.42. The smallest absolute Gasteiger partial charge is 0.295 e. The van der Waals surface area contributed by atoms with Gasteiger partial charge in [0.05, 0.1) is 27.0 Å². The number of benzene rings is 3. The lowest BCUT2D eigenvalue weighted by atomic mass is 9.98. The van der Waals surface area contributed by atoms with Crippen LogP contribution in [0.5, 0.6) is 0 Å². The Bertz CT molecular complexity index is 1330. The van der Waals surface area contributed by atoms with E-state index < -0.39 is 6.04 Å². The second kappa shape index (κ2) is 6.76. The number of carbonyl (C=O) groups excluding carboxylic acids is 1. The van der Waals surface area contributed by atoms with Crippen molar-refractivity contribution in [1.82, 2.24) is 0 Å². The summed E-state index contributed by atoms with van der Waals surface area (Å²) in [5.41, 5.74) is 1.79. The maximum absolute atomic E-state index is 13.4. The lowest BCUT2D eigenvalue weighted by Crippen LogP contribution is -2.29. The lowest BCUT2D eigenvalue weighted by molar-refractivity contribution is 0.0971. The summed E-state index contributed by atoms with van der Waals surface area (Å²) in [5.74, 6) is -0.321. The molecule has 0 bridgehead atoms. The van der Waals surface area contributed by atoms with Gasteiger partial charge in [-0.05, 0) is 42.0 Å². The Hall–Kier alpha value is -3.08. The molecule has 1 unspecified atom stereocenters. The Balaban J connectivity index is 1.84. The standard InChI is InChI=1S/C23H13Cl2NO3/c24-16-11-10-13(12-17(16)25)20-19-21(27)15-8-4-5-9-18(15)29-22(19)23(28)26(20)14-6-2-1-3-7-14/h1-12,20H. The molecule has 5 rings (SSSR count). The van der Waals surface area contributed by atoms with Crippen molar-refractivity contribution in [3.05, 3.63) is 110 Å². The summed E-state index contributed by atoms with van der Waals surface area (Å²) in [6.45, 7) is 0. The van der Waals surface area contributed by atoms with Crippen LogP contribution in [0.15, 0.2) is 82.0 Å². The van der Waals surface area contributed by atoms with Gasteiger partial charge in [-0.3, -0.25) is 14.5 Å². The molecule has 0 saturated heterocycles. The maximum Gasteiger partial charge on any atom is 0.295 e. The number of hydrogen-bond acceptors (Lipinski definition) is 3. The van der Waals surface area contributed by atoms with E-state index in [1.807, 2.05) is 30.3 Å². The fraction of sp³-hybridized carbons (Fsp3) is 0.0435. The molecule has 1 aliphatic rings.